The third kappa shape index (κ3) is 7.03. The van der Waals surface area contributed by atoms with Gasteiger partial charge in [-0.1, -0.05) is 0 Å². The standard InChI is InChI=1S/2C6H7.2C3H8O.C2H4.Hf/c2*1-6-4-2-3-5-6;2*1-3(2)4;1-2;/h2*4-5H,2H2,1H3;2*3-4H,1-2H3;1-2H2;. The van der Waals surface area contributed by atoms with Crippen LogP contribution in [-0.4, -0.2) is 22.4 Å². The van der Waals surface area contributed by atoms with E-state index < -0.39 is 20.0 Å². The molecule has 0 amide bonds. The molecule has 3 heteroatoms. The summed E-state index contributed by atoms with van der Waals surface area (Å²) in [6.07, 6.45) is 12.1. The fraction of sp³-hybridized carbons (Fsp3) is 0.600. The molecular weight excluding hydrogens is 451 g/mol. The van der Waals surface area contributed by atoms with E-state index in [1.165, 1.54) is 24.0 Å². The van der Waals surface area contributed by atoms with Gasteiger partial charge in [-0.15, -0.1) is 0 Å². The summed E-state index contributed by atoms with van der Waals surface area (Å²) in [6, 6.07) is 0. The summed E-state index contributed by atoms with van der Waals surface area (Å²) in [5.74, 6) is 0. The van der Waals surface area contributed by atoms with Crippen molar-refractivity contribution >= 4 is 0 Å². The molecule has 0 radical (unpaired) electrons. The number of aliphatic hydroxyl groups is 2. The van der Waals surface area contributed by atoms with E-state index in [-0.39, 0.29) is 12.2 Å². The van der Waals surface area contributed by atoms with Crippen LogP contribution in [0, 0.1) is 0 Å². The number of rotatable bonds is 2. The Balaban J connectivity index is 0.000000281. The van der Waals surface area contributed by atoms with Crippen LogP contribution in [0.2, 0.25) is 8.35 Å². The summed E-state index contributed by atoms with van der Waals surface area (Å²) < 4.78 is 7.00. The molecule has 2 N–H and O–H groups in total. The third-order valence-electron chi connectivity index (χ3n) is 4.07. The van der Waals surface area contributed by atoms with Gasteiger partial charge in [-0.3, -0.25) is 0 Å². The predicted octanol–water partition coefficient (Wildman–Crippen LogP) is 5.23. The summed E-state index contributed by atoms with van der Waals surface area (Å²) >= 11 is -1.98. The fourth-order valence-electron chi connectivity index (χ4n) is 2.97. The molecule has 2 nitrogen and oxygen atoms in total. The Labute approximate surface area is 147 Å². The van der Waals surface area contributed by atoms with Gasteiger partial charge in [0, 0.05) is 12.2 Å². The maximum absolute atomic E-state index is 8.06. The van der Waals surface area contributed by atoms with Gasteiger partial charge in [0.2, 0.25) is 0 Å². The molecule has 0 aromatic rings. The third-order valence-corrected chi connectivity index (χ3v) is 20.8. The molecule has 0 aromatic carbocycles. The van der Waals surface area contributed by atoms with E-state index in [0.29, 0.717) is 0 Å². The molecule has 3 rings (SSSR count). The zero-order valence-corrected chi connectivity index (χ0v) is 19.3. The maximum atomic E-state index is 8.06. The van der Waals surface area contributed by atoms with Crippen LogP contribution in [-0.2, 0) is 20.0 Å². The average molecular weight is 485 g/mol. The van der Waals surface area contributed by atoms with Crippen LogP contribution in [0.1, 0.15) is 54.4 Å². The summed E-state index contributed by atoms with van der Waals surface area (Å²) in [7, 11) is 0. The molecule has 0 spiro atoms. The van der Waals surface area contributed by atoms with Crippen molar-refractivity contribution in [2.45, 2.75) is 74.9 Å². The Morgan fingerprint density at radius 2 is 1.09 bits per heavy atom. The van der Waals surface area contributed by atoms with Crippen LogP contribution < -0.4 is 0 Å². The molecule has 0 unspecified atom stereocenters. The Kier molecular flexibility index (Phi) is 8.40. The van der Waals surface area contributed by atoms with Crippen molar-refractivity contribution in [3.8, 4) is 0 Å². The minimum absolute atomic E-state index is 0.167. The van der Waals surface area contributed by atoms with E-state index >= 15 is 0 Å². The number of aliphatic hydroxyl groups excluding tert-OH is 2. The Morgan fingerprint density at radius 1 is 0.783 bits per heavy atom. The molecule has 2 aliphatic carbocycles. The van der Waals surface area contributed by atoms with Crippen LogP contribution >= 0.6 is 0 Å². The molecular formula is C20H34HfO2. The van der Waals surface area contributed by atoms with Gasteiger partial charge in [-0.05, 0) is 27.7 Å². The molecule has 130 valence electrons. The van der Waals surface area contributed by atoms with E-state index in [9.17, 15) is 0 Å². The van der Waals surface area contributed by atoms with Crippen molar-refractivity contribution in [1.29, 1.82) is 0 Å². The summed E-state index contributed by atoms with van der Waals surface area (Å²) in [5, 5.41) is 16.1. The van der Waals surface area contributed by atoms with Gasteiger partial charge in [0.25, 0.3) is 0 Å². The molecule has 0 aromatic heterocycles. The SMILES string of the molecule is CC(C)O.CC(C)O.CC1=CC[C]([Hf]2([C]3=CC(C)=CC3)[CH2][CH2]2)=C1. The van der Waals surface area contributed by atoms with E-state index in [2.05, 4.69) is 38.2 Å². The summed E-state index contributed by atoms with van der Waals surface area (Å²) in [4.78, 5) is 0. The van der Waals surface area contributed by atoms with Gasteiger partial charge in [0.05, 0.1) is 0 Å². The molecule has 1 heterocycles. The normalized spacial score (nSPS) is 20.8. The van der Waals surface area contributed by atoms with Gasteiger partial charge in [0.15, 0.2) is 0 Å². The summed E-state index contributed by atoms with van der Waals surface area (Å²) in [6.45, 7) is 11.4. The second kappa shape index (κ2) is 9.29. The van der Waals surface area contributed by atoms with Crippen LogP contribution in [0.25, 0.3) is 0 Å². The predicted molar refractivity (Wildman–Crippen MR) is 97.2 cm³/mol. The van der Waals surface area contributed by atoms with Crippen molar-refractivity contribution in [2.75, 3.05) is 0 Å². The minimum atomic E-state index is -1.98. The average Bonchev–Trinajstić information content (AvgIpc) is 2.90. The van der Waals surface area contributed by atoms with Crippen molar-refractivity contribution < 1.29 is 30.2 Å². The molecule has 3 aliphatic rings. The van der Waals surface area contributed by atoms with Crippen molar-refractivity contribution in [3.05, 3.63) is 42.1 Å². The topological polar surface area (TPSA) is 40.5 Å². The van der Waals surface area contributed by atoms with Crippen LogP contribution in [0.15, 0.2) is 42.1 Å². The quantitative estimate of drug-likeness (QED) is 0.527. The van der Waals surface area contributed by atoms with Gasteiger partial charge in [0.1, 0.15) is 0 Å². The Bertz CT molecular complexity index is 468. The second-order valence-corrected chi connectivity index (χ2v) is 23.4. The first-order valence-corrected chi connectivity index (χ1v) is 17.5. The zero-order chi connectivity index (χ0) is 17.6. The van der Waals surface area contributed by atoms with Crippen molar-refractivity contribution in [2.24, 2.45) is 0 Å². The molecule has 0 bridgehead atoms. The molecule has 1 aliphatic heterocycles. The molecule has 0 saturated carbocycles. The first kappa shape index (κ1) is 20.8. The molecule has 0 atom stereocenters. The number of allylic oxidation sites excluding steroid dienone is 8. The molecule has 1 fully saturated rings. The van der Waals surface area contributed by atoms with Gasteiger partial charge in [-0.2, -0.15) is 0 Å². The first-order valence-electron chi connectivity index (χ1n) is 8.79. The molecule has 23 heavy (non-hydrogen) atoms. The number of hydrogen-bond acceptors (Lipinski definition) is 2. The van der Waals surface area contributed by atoms with E-state index in [0.717, 1.165) is 0 Å². The van der Waals surface area contributed by atoms with Gasteiger partial charge in [-0.25, -0.2) is 0 Å². The van der Waals surface area contributed by atoms with Crippen molar-refractivity contribution in [3.63, 3.8) is 0 Å². The monoisotopic (exact) mass is 486 g/mol. The Hall–Kier alpha value is -0.250. The van der Waals surface area contributed by atoms with Gasteiger partial charge >= 0.3 is 97.1 Å². The Morgan fingerprint density at radius 3 is 1.26 bits per heavy atom. The first-order chi connectivity index (χ1) is 10.7. The molecule has 1 saturated heterocycles. The second-order valence-electron chi connectivity index (χ2n) is 7.41. The van der Waals surface area contributed by atoms with E-state index in [4.69, 9.17) is 10.2 Å². The van der Waals surface area contributed by atoms with Crippen molar-refractivity contribution in [1.82, 2.24) is 0 Å². The van der Waals surface area contributed by atoms with Crippen LogP contribution in [0.5, 0.6) is 0 Å². The number of hydrogen-bond donors (Lipinski definition) is 2. The van der Waals surface area contributed by atoms with E-state index in [1.807, 2.05) is 6.66 Å². The zero-order valence-electron chi connectivity index (χ0n) is 15.7. The fourth-order valence-corrected chi connectivity index (χ4v) is 24.5. The van der Waals surface area contributed by atoms with Gasteiger partial charge < -0.3 is 10.2 Å². The summed E-state index contributed by atoms with van der Waals surface area (Å²) in [5.41, 5.74) is 3.03. The van der Waals surface area contributed by atoms with E-state index in [1.54, 1.807) is 36.0 Å². The van der Waals surface area contributed by atoms with Crippen LogP contribution in [0.4, 0.5) is 0 Å². The van der Waals surface area contributed by atoms with Crippen LogP contribution in [0.3, 0.4) is 0 Å².